The molecule has 0 spiro atoms. The van der Waals surface area contributed by atoms with Crippen LogP contribution in [-0.4, -0.2) is 42.9 Å². The third-order valence-electron chi connectivity index (χ3n) is 4.90. The van der Waals surface area contributed by atoms with Gasteiger partial charge in [-0.25, -0.2) is 0 Å². The second-order valence-electron chi connectivity index (χ2n) is 6.23. The highest BCUT2D eigenvalue weighted by atomic mass is 16.2. The van der Waals surface area contributed by atoms with Crippen molar-refractivity contribution < 1.29 is 9.59 Å². The summed E-state index contributed by atoms with van der Waals surface area (Å²) in [6.45, 7) is 11.3. The largest absolute Gasteiger partial charge is 0.372 e. The van der Waals surface area contributed by atoms with E-state index >= 15 is 0 Å². The molecule has 1 fully saturated rings. The summed E-state index contributed by atoms with van der Waals surface area (Å²) in [6.07, 6.45) is 1.29. The number of rotatable bonds is 8. The van der Waals surface area contributed by atoms with E-state index in [2.05, 4.69) is 24.1 Å². The van der Waals surface area contributed by atoms with Crippen LogP contribution in [-0.2, 0) is 9.59 Å². The van der Waals surface area contributed by atoms with Crippen molar-refractivity contribution in [1.82, 2.24) is 4.90 Å². The molecule has 2 amide bonds. The first-order valence-corrected chi connectivity index (χ1v) is 8.98. The van der Waals surface area contributed by atoms with Crippen molar-refractivity contribution in [2.24, 2.45) is 5.41 Å². The van der Waals surface area contributed by atoms with Gasteiger partial charge in [0.25, 0.3) is 0 Å². The highest BCUT2D eigenvalue weighted by molar-refractivity contribution is 6.13. The van der Waals surface area contributed by atoms with Gasteiger partial charge in [-0.2, -0.15) is 0 Å². The van der Waals surface area contributed by atoms with E-state index in [0.29, 0.717) is 25.9 Å². The number of carbonyl (C=O) groups is 2. The van der Waals surface area contributed by atoms with Crippen LogP contribution in [0.15, 0.2) is 24.3 Å². The maximum atomic E-state index is 12.6. The zero-order valence-corrected chi connectivity index (χ0v) is 15.3. The van der Waals surface area contributed by atoms with E-state index in [0.717, 1.165) is 24.5 Å². The molecule has 0 aromatic heterocycles. The SMILES string of the molecule is CCN(CC)C(=O)C1(C(=O)Nc2ccc(N(CC)CC)cc2)CC1. The Morgan fingerprint density at radius 1 is 0.958 bits per heavy atom. The minimum Gasteiger partial charge on any atom is -0.372 e. The molecular weight excluding hydrogens is 302 g/mol. The molecule has 1 N–H and O–H groups in total. The number of benzene rings is 1. The van der Waals surface area contributed by atoms with Crippen LogP contribution >= 0.6 is 0 Å². The van der Waals surface area contributed by atoms with E-state index in [1.165, 1.54) is 0 Å². The Morgan fingerprint density at radius 2 is 1.50 bits per heavy atom. The first-order valence-electron chi connectivity index (χ1n) is 8.98. The van der Waals surface area contributed by atoms with E-state index in [1.807, 2.05) is 38.1 Å². The van der Waals surface area contributed by atoms with Crippen molar-refractivity contribution in [2.75, 3.05) is 36.4 Å². The van der Waals surface area contributed by atoms with Gasteiger partial charge in [-0.1, -0.05) is 0 Å². The van der Waals surface area contributed by atoms with Gasteiger partial charge in [0.05, 0.1) is 0 Å². The Labute approximate surface area is 145 Å². The fourth-order valence-electron chi connectivity index (χ4n) is 3.07. The molecule has 0 atom stereocenters. The van der Waals surface area contributed by atoms with Crippen LogP contribution in [0, 0.1) is 5.41 Å². The summed E-state index contributed by atoms with van der Waals surface area (Å²) in [5.74, 6) is -0.209. The predicted octanol–water partition coefficient (Wildman–Crippen LogP) is 3.12. The molecule has 5 nitrogen and oxygen atoms in total. The van der Waals surface area contributed by atoms with Crippen LogP contribution in [0.1, 0.15) is 40.5 Å². The maximum absolute atomic E-state index is 12.6. The number of nitrogens with zero attached hydrogens (tertiary/aromatic N) is 2. The van der Waals surface area contributed by atoms with Gasteiger partial charge in [0, 0.05) is 37.6 Å². The summed E-state index contributed by atoms with van der Waals surface area (Å²) >= 11 is 0. The number of amides is 2. The fourth-order valence-corrected chi connectivity index (χ4v) is 3.07. The summed E-state index contributed by atoms with van der Waals surface area (Å²) in [4.78, 5) is 29.2. The molecule has 1 aromatic rings. The lowest BCUT2D eigenvalue weighted by Gasteiger charge is -2.24. The summed E-state index contributed by atoms with van der Waals surface area (Å²) in [6, 6.07) is 7.83. The summed E-state index contributed by atoms with van der Waals surface area (Å²) in [5, 5.41) is 2.93. The second-order valence-corrected chi connectivity index (χ2v) is 6.23. The van der Waals surface area contributed by atoms with Crippen LogP contribution in [0.5, 0.6) is 0 Å². The van der Waals surface area contributed by atoms with Crippen molar-refractivity contribution >= 4 is 23.2 Å². The normalized spacial score (nSPS) is 14.8. The number of hydrogen-bond donors (Lipinski definition) is 1. The van der Waals surface area contributed by atoms with Gasteiger partial charge in [0.2, 0.25) is 11.8 Å². The molecule has 1 aromatic carbocycles. The zero-order valence-electron chi connectivity index (χ0n) is 15.3. The number of anilines is 2. The third-order valence-corrected chi connectivity index (χ3v) is 4.90. The first-order chi connectivity index (χ1) is 11.5. The molecule has 0 saturated heterocycles. The predicted molar refractivity (Wildman–Crippen MR) is 98.2 cm³/mol. The van der Waals surface area contributed by atoms with Crippen LogP contribution in [0.3, 0.4) is 0 Å². The minimum absolute atomic E-state index is 0.0373. The van der Waals surface area contributed by atoms with Crippen molar-refractivity contribution in [2.45, 2.75) is 40.5 Å². The van der Waals surface area contributed by atoms with E-state index in [1.54, 1.807) is 4.90 Å². The Kier molecular flexibility index (Phi) is 5.86. The molecule has 0 heterocycles. The Hall–Kier alpha value is -2.04. The lowest BCUT2D eigenvalue weighted by molar-refractivity contribution is -0.141. The molecule has 1 saturated carbocycles. The quantitative estimate of drug-likeness (QED) is 0.745. The van der Waals surface area contributed by atoms with Crippen molar-refractivity contribution in [3.63, 3.8) is 0 Å². The van der Waals surface area contributed by atoms with Gasteiger partial charge < -0.3 is 15.1 Å². The minimum atomic E-state index is -0.844. The van der Waals surface area contributed by atoms with E-state index in [9.17, 15) is 9.59 Å². The standard InChI is InChI=1S/C19H29N3O2/c1-5-21(6-2)16-11-9-15(10-12-16)20-17(23)19(13-14-19)18(24)22(7-3)8-4/h9-12H,5-8,13-14H2,1-4H3,(H,20,23). The monoisotopic (exact) mass is 331 g/mol. The van der Waals surface area contributed by atoms with E-state index in [-0.39, 0.29) is 11.8 Å². The molecule has 2 rings (SSSR count). The summed E-state index contributed by atoms with van der Waals surface area (Å²) in [5.41, 5.74) is 1.04. The molecule has 24 heavy (non-hydrogen) atoms. The molecule has 0 radical (unpaired) electrons. The summed E-state index contributed by atoms with van der Waals surface area (Å²) < 4.78 is 0. The average Bonchev–Trinajstić information content (AvgIpc) is 3.40. The number of carbonyl (C=O) groups excluding carboxylic acids is 2. The molecule has 5 heteroatoms. The van der Waals surface area contributed by atoms with Gasteiger partial charge in [-0.3, -0.25) is 9.59 Å². The van der Waals surface area contributed by atoms with E-state index in [4.69, 9.17) is 0 Å². The molecule has 1 aliphatic rings. The highest BCUT2D eigenvalue weighted by Crippen LogP contribution is 2.48. The van der Waals surface area contributed by atoms with Crippen LogP contribution in [0.2, 0.25) is 0 Å². The Bertz CT molecular complexity index is 571. The van der Waals surface area contributed by atoms with Crippen LogP contribution in [0.25, 0.3) is 0 Å². The molecule has 0 aliphatic heterocycles. The lowest BCUT2D eigenvalue weighted by atomic mass is 10.0. The lowest BCUT2D eigenvalue weighted by Crippen LogP contribution is -2.42. The molecular formula is C19H29N3O2. The average molecular weight is 331 g/mol. The molecule has 0 bridgehead atoms. The van der Waals surface area contributed by atoms with Crippen molar-refractivity contribution in [3.05, 3.63) is 24.3 Å². The van der Waals surface area contributed by atoms with Gasteiger partial charge >= 0.3 is 0 Å². The van der Waals surface area contributed by atoms with Crippen molar-refractivity contribution in [3.8, 4) is 0 Å². The highest BCUT2D eigenvalue weighted by Gasteiger charge is 2.57. The zero-order chi connectivity index (χ0) is 17.7. The molecule has 132 valence electrons. The Morgan fingerprint density at radius 3 is 1.92 bits per heavy atom. The first kappa shape index (κ1) is 18.3. The molecule has 1 aliphatic carbocycles. The number of hydrogen-bond acceptors (Lipinski definition) is 3. The number of nitrogens with one attached hydrogen (secondary N) is 1. The van der Waals surface area contributed by atoms with Gasteiger partial charge in [-0.15, -0.1) is 0 Å². The van der Waals surface area contributed by atoms with Gasteiger partial charge in [0.15, 0.2) is 0 Å². The Balaban J connectivity index is 2.06. The van der Waals surface area contributed by atoms with E-state index < -0.39 is 5.41 Å². The van der Waals surface area contributed by atoms with Gasteiger partial charge in [0.1, 0.15) is 5.41 Å². The van der Waals surface area contributed by atoms with Crippen LogP contribution in [0.4, 0.5) is 11.4 Å². The van der Waals surface area contributed by atoms with Gasteiger partial charge in [-0.05, 0) is 64.8 Å². The summed E-state index contributed by atoms with van der Waals surface area (Å²) in [7, 11) is 0. The third kappa shape index (κ3) is 3.55. The van der Waals surface area contributed by atoms with Crippen LogP contribution < -0.4 is 10.2 Å². The fraction of sp³-hybridized carbons (Fsp3) is 0.579. The van der Waals surface area contributed by atoms with Crippen molar-refractivity contribution in [1.29, 1.82) is 0 Å². The smallest absolute Gasteiger partial charge is 0.240 e. The molecule has 0 unspecified atom stereocenters. The maximum Gasteiger partial charge on any atom is 0.240 e. The topological polar surface area (TPSA) is 52.7 Å². The second kappa shape index (κ2) is 7.69.